The van der Waals surface area contributed by atoms with Crippen molar-refractivity contribution in [1.29, 1.82) is 0 Å². The van der Waals surface area contributed by atoms with Gasteiger partial charge in [0.25, 0.3) is 0 Å². The van der Waals surface area contributed by atoms with Crippen LogP contribution in [0.4, 0.5) is 4.79 Å². The molecule has 0 radical (unpaired) electrons. The molecule has 0 fully saturated rings. The molecule has 9 heteroatoms. The van der Waals surface area contributed by atoms with E-state index in [0.717, 1.165) is 5.56 Å². The van der Waals surface area contributed by atoms with E-state index in [2.05, 4.69) is 5.32 Å². The number of benzene rings is 2. The average molecular weight is 428 g/mol. The fourth-order valence-electron chi connectivity index (χ4n) is 2.84. The maximum Gasteiger partial charge on any atom is 0.408 e. The molecule has 0 aliphatic heterocycles. The van der Waals surface area contributed by atoms with Gasteiger partial charge in [0.15, 0.2) is 5.78 Å². The average Bonchev–Trinajstić information content (AvgIpc) is 2.75. The van der Waals surface area contributed by atoms with Crippen molar-refractivity contribution >= 4 is 23.8 Å². The van der Waals surface area contributed by atoms with Crippen molar-refractivity contribution < 1.29 is 34.1 Å². The molecule has 1 amide bonds. The van der Waals surface area contributed by atoms with Crippen LogP contribution in [0.15, 0.2) is 54.6 Å². The molecule has 2 aromatic rings. The van der Waals surface area contributed by atoms with E-state index in [1.807, 2.05) is 6.07 Å². The molecule has 0 saturated carbocycles. The Kier molecular flexibility index (Phi) is 8.71. The summed E-state index contributed by atoms with van der Waals surface area (Å²) in [6.45, 7) is -0.00488. The third-order valence-electron chi connectivity index (χ3n) is 4.45. The lowest BCUT2D eigenvalue weighted by atomic mass is 9.97. The van der Waals surface area contributed by atoms with E-state index in [-0.39, 0.29) is 31.4 Å². The monoisotopic (exact) mass is 428 g/mol. The van der Waals surface area contributed by atoms with Crippen LogP contribution in [0.2, 0.25) is 0 Å². The predicted octanol–water partition coefficient (Wildman–Crippen LogP) is 1.98. The quantitative estimate of drug-likeness (QED) is 0.396. The molecular formula is C22H24N2O7. The van der Waals surface area contributed by atoms with Crippen molar-refractivity contribution in [1.82, 2.24) is 5.32 Å². The summed E-state index contributed by atoms with van der Waals surface area (Å²) in [7, 11) is 0. The van der Waals surface area contributed by atoms with Crippen LogP contribution in [0.5, 0.6) is 0 Å². The second-order valence-electron chi connectivity index (χ2n) is 6.90. The highest BCUT2D eigenvalue weighted by atomic mass is 16.5. The lowest BCUT2D eigenvalue weighted by molar-refractivity contribution is -0.139. The van der Waals surface area contributed by atoms with Crippen molar-refractivity contribution in [2.24, 2.45) is 5.73 Å². The van der Waals surface area contributed by atoms with Gasteiger partial charge in [-0.3, -0.25) is 14.4 Å². The number of ether oxygens (including phenoxy) is 1. The molecule has 0 saturated heterocycles. The highest BCUT2D eigenvalue weighted by Gasteiger charge is 2.24. The molecule has 2 atom stereocenters. The second-order valence-corrected chi connectivity index (χ2v) is 6.90. The Balaban J connectivity index is 2.09. The summed E-state index contributed by atoms with van der Waals surface area (Å²) < 4.78 is 5.12. The zero-order valence-corrected chi connectivity index (χ0v) is 16.7. The standard InChI is InChI=1S/C22H24N2O7/c23-17(21(28)29)12-15-7-4-8-16(11-15)20(27)18(9-10-19(25)26)24-22(30)31-13-14-5-2-1-3-6-14/h1-8,11,17-18H,9-10,12-13,23H2,(H,24,30)(H,25,26)(H,28,29)/t17-,18-/m1/s1. The van der Waals surface area contributed by atoms with Crippen LogP contribution in [0.1, 0.15) is 34.3 Å². The van der Waals surface area contributed by atoms with Crippen LogP contribution in [0.25, 0.3) is 0 Å². The number of rotatable bonds is 11. The van der Waals surface area contributed by atoms with Crippen molar-refractivity contribution in [3.05, 3.63) is 71.3 Å². The molecule has 0 aromatic heterocycles. The van der Waals surface area contributed by atoms with Crippen LogP contribution >= 0.6 is 0 Å². The molecular weight excluding hydrogens is 404 g/mol. The van der Waals surface area contributed by atoms with Crippen molar-refractivity contribution in [3.63, 3.8) is 0 Å². The van der Waals surface area contributed by atoms with E-state index in [1.165, 1.54) is 12.1 Å². The summed E-state index contributed by atoms with van der Waals surface area (Å²) in [5, 5.41) is 20.4. The summed E-state index contributed by atoms with van der Waals surface area (Å²) in [6, 6.07) is 12.9. The number of ketones is 1. The molecule has 0 aliphatic carbocycles. The SMILES string of the molecule is N[C@H](Cc1cccc(C(=O)[C@@H](CCC(=O)O)NC(=O)OCc2ccccc2)c1)C(=O)O. The van der Waals surface area contributed by atoms with E-state index in [4.69, 9.17) is 20.7 Å². The highest BCUT2D eigenvalue weighted by Crippen LogP contribution is 2.13. The number of carboxylic acid groups (broad SMARTS) is 2. The maximum atomic E-state index is 12.9. The minimum atomic E-state index is -1.17. The largest absolute Gasteiger partial charge is 0.481 e. The summed E-state index contributed by atoms with van der Waals surface area (Å²) in [4.78, 5) is 47.0. The van der Waals surface area contributed by atoms with E-state index in [9.17, 15) is 19.2 Å². The molecule has 0 bridgehead atoms. The summed E-state index contributed by atoms with van der Waals surface area (Å²) in [5.41, 5.74) is 7.03. The lowest BCUT2D eigenvalue weighted by Gasteiger charge is -2.17. The molecule has 0 heterocycles. The van der Waals surface area contributed by atoms with Crippen molar-refractivity contribution in [3.8, 4) is 0 Å². The van der Waals surface area contributed by atoms with Gasteiger partial charge in [0.1, 0.15) is 12.6 Å². The second kappa shape index (κ2) is 11.5. The zero-order valence-electron chi connectivity index (χ0n) is 16.7. The van der Waals surface area contributed by atoms with Crippen LogP contribution in [0, 0.1) is 0 Å². The number of nitrogens with two attached hydrogens (primary N) is 1. The fourth-order valence-corrected chi connectivity index (χ4v) is 2.84. The zero-order chi connectivity index (χ0) is 22.8. The Labute approximate surface area is 178 Å². The Morgan fingerprint density at radius 1 is 0.968 bits per heavy atom. The van der Waals surface area contributed by atoms with Crippen LogP contribution < -0.4 is 11.1 Å². The Hall–Kier alpha value is -3.72. The first-order valence-corrected chi connectivity index (χ1v) is 9.57. The summed E-state index contributed by atoms with van der Waals surface area (Å²) in [6.07, 6.45) is -1.30. The Morgan fingerprint density at radius 3 is 2.29 bits per heavy atom. The van der Waals surface area contributed by atoms with Gasteiger partial charge in [0, 0.05) is 12.0 Å². The third-order valence-corrected chi connectivity index (χ3v) is 4.45. The number of hydrogen-bond acceptors (Lipinski definition) is 6. The van der Waals surface area contributed by atoms with Gasteiger partial charge in [-0.2, -0.15) is 0 Å². The maximum absolute atomic E-state index is 12.9. The van der Waals surface area contributed by atoms with Gasteiger partial charge in [-0.15, -0.1) is 0 Å². The predicted molar refractivity (Wildman–Crippen MR) is 111 cm³/mol. The van der Waals surface area contributed by atoms with Gasteiger partial charge in [-0.1, -0.05) is 48.5 Å². The number of nitrogens with one attached hydrogen (secondary N) is 1. The normalized spacial score (nSPS) is 12.4. The molecule has 2 aromatic carbocycles. The number of carbonyl (C=O) groups excluding carboxylic acids is 2. The molecule has 0 unspecified atom stereocenters. The van der Waals surface area contributed by atoms with E-state index >= 15 is 0 Å². The topological polar surface area (TPSA) is 156 Å². The minimum absolute atomic E-state index is 0.00488. The van der Waals surface area contributed by atoms with Gasteiger partial charge in [-0.25, -0.2) is 4.79 Å². The van der Waals surface area contributed by atoms with Gasteiger partial charge in [0.05, 0.1) is 6.04 Å². The molecule has 0 aliphatic rings. The molecule has 5 N–H and O–H groups in total. The summed E-state index contributed by atoms with van der Waals surface area (Å²) >= 11 is 0. The van der Waals surface area contributed by atoms with Crippen LogP contribution in [-0.2, 0) is 27.4 Å². The Morgan fingerprint density at radius 2 is 1.65 bits per heavy atom. The highest BCUT2D eigenvalue weighted by molar-refractivity contribution is 6.01. The molecule has 2 rings (SSSR count). The van der Waals surface area contributed by atoms with Crippen molar-refractivity contribution in [2.75, 3.05) is 0 Å². The van der Waals surface area contributed by atoms with E-state index in [0.29, 0.717) is 5.56 Å². The van der Waals surface area contributed by atoms with Gasteiger partial charge >= 0.3 is 18.0 Å². The number of alkyl carbamates (subject to hydrolysis) is 1. The molecule has 164 valence electrons. The van der Waals surface area contributed by atoms with Gasteiger partial charge in [-0.05, 0) is 30.0 Å². The van der Waals surface area contributed by atoms with Gasteiger partial charge < -0.3 is 26.0 Å². The molecule has 31 heavy (non-hydrogen) atoms. The summed E-state index contributed by atoms with van der Waals surface area (Å²) in [5.74, 6) is -2.79. The number of Topliss-reactive ketones (excluding diaryl/α,β-unsaturated/α-hetero) is 1. The van der Waals surface area contributed by atoms with Gasteiger partial charge in [0.2, 0.25) is 0 Å². The van der Waals surface area contributed by atoms with E-state index < -0.39 is 35.9 Å². The molecule has 0 spiro atoms. The Bertz CT molecular complexity index is 930. The van der Waals surface area contributed by atoms with Crippen LogP contribution in [-0.4, -0.2) is 46.1 Å². The number of hydrogen-bond donors (Lipinski definition) is 4. The first-order valence-electron chi connectivity index (χ1n) is 9.57. The number of carboxylic acids is 2. The first-order chi connectivity index (χ1) is 14.8. The fraction of sp³-hybridized carbons (Fsp3) is 0.273. The van der Waals surface area contributed by atoms with Crippen LogP contribution in [0.3, 0.4) is 0 Å². The number of aliphatic carboxylic acids is 2. The number of amides is 1. The molecule has 9 nitrogen and oxygen atoms in total. The van der Waals surface area contributed by atoms with E-state index in [1.54, 1.807) is 36.4 Å². The smallest absolute Gasteiger partial charge is 0.408 e. The lowest BCUT2D eigenvalue weighted by Crippen LogP contribution is -2.41. The number of carbonyl (C=O) groups is 4. The minimum Gasteiger partial charge on any atom is -0.481 e. The van der Waals surface area contributed by atoms with Crippen molar-refractivity contribution in [2.45, 2.75) is 38.0 Å². The first kappa shape index (κ1) is 23.6. The third kappa shape index (κ3) is 7.90.